The molecule has 0 aliphatic carbocycles. The first kappa shape index (κ1) is 17.3. The lowest BCUT2D eigenvalue weighted by Gasteiger charge is -2.09. The van der Waals surface area contributed by atoms with Crippen LogP contribution in [0.25, 0.3) is 6.08 Å². The number of halogens is 1. The van der Waals surface area contributed by atoms with Gasteiger partial charge in [0, 0.05) is 6.08 Å². The number of anilines is 2. The summed E-state index contributed by atoms with van der Waals surface area (Å²) in [7, 11) is 1.55. The van der Waals surface area contributed by atoms with Crippen LogP contribution in [0.3, 0.4) is 0 Å². The molecule has 0 saturated carbocycles. The molecule has 0 saturated heterocycles. The summed E-state index contributed by atoms with van der Waals surface area (Å²) in [4.78, 5) is 11.9. The normalized spacial score (nSPS) is 10.6. The molecule has 2 aromatic rings. The molecule has 0 spiro atoms. The highest BCUT2D eigenvalue weighted by Crippen LogP contribution is 2.28. The van der Waals surface area contributed by atoms with Gasteiger partial charge in [-0.25, -0.2) is 4.39 Å². The molecular formula is C18H19FN2O3. The second-order valence-corrected chi connectivity index (χ2v) is 4.90. The summed E-state index contributed by atoms with van der Waals surface area (Å²) in [6, 6.07) is 9.14. The van der Waals surface area contributed by atoms with Crippen molar-refractivity contribution in [3.8, 4) is 11.5 Å². The van der Waals surface area contributed by atoms with Gasteiger partial charge in [0.25, 0.3) is 0 Å². The molecule has 0 aliphatic heterocycles. The third kappa shape index (κ3) is 4.49. The van der Waals surface area contributed by atoms with E-state index in [9.17, 15) is 9.18 Å². The minimum Gasteiger partial charge on any atom is -0.493 e. The Morgan fingerprint density at radius 3 is 2.71 bits per heavy atom. The number of carbonyl (C=O) groups is 1. The number of ether oxygens (including phenoxy) is 2. The van der Waals surface area contributed by atoms with Gasteiger partial charge < -0.3 is 20.5 Å². The lowest BCUT2D eigenvalue weighted by molar-refractivity contribution is -0.111. The number of carbonyl (C=O) groups excluding carboxylic acids is 1. The summed E-state index contributed by atoms with van der Waals surface area (Å²) in [6.07, 6.45) is 2.99. The van der Waals surface area contributed by atoms with Gasteiger partial charge in [0.05, 0.1) is 25.1 Å². The Balaban J connectivity index is 2.08. The van der Waals surface area contributed by atoms with Crippen molar-refractivity contribution in [1.82, 2.24) is 0 Å². The maximum Gasteiger partial charge on any atom is 0.248 e. The molecule has 5 nitrogen and oxygen atoms in total. The SMILES string of the molecule is CCOc1ccc(/C=C/C(=O)Nc2ccc(F)cc2N)cc1OC. The fourth-order valence-corrected chi connectivity index (χ4v) is 2.06. The van der Waals surface area contributed by atoms with Crippen LogP contribution in [-0.4, -0.2) is 19.6 Å². The molecule has 0 aromatic heterocycles. The van der Waals surface area contributed by atoms with Crippen LogP contribution < -0.4 is 20.5 Å². The summed E-state index contributed by atoms with van der Waals surface area (Å²) in [6.45, 7) is 2.42. The Bertz CT molecular complexity index is 760. The maximum atomic E-state index is 13.0. The van der Waals surface area contributed by atoms with Crippen molar-refractivity contribution in [2.24, 2.45) is 0 Å². The molecule has 0 heterocycles. The van der Waals surface area contributed by atoms with Crippen LogP contribution in [0.15, 0.2) is 42.5 Å². The molecule has 1 amide bonds. The Morgan fingerprint density at radius 1 is 1.25 bits per heavy atom. The predicted molar refractivity (Wildman–Crippen MR) is 92.6 cm³/mol. The molecule has 0 fully saturated rings. The van der Waals surface area contributed by atoms with Crippen LogP contribution in [0, 0.1) is 5.82 Å². The van der Waals surface area contributed by atoms with E-state index in [0.29, 0.717) is 23.8 Å². The number of amides is 1. The highest BCUT2D eigenvalue weighted by Gasteiger charge is 2.05. The molecule has 6 heteroatoms. The highest BCUT2D eigenvalue weighted by molar-refractivity contribution is 6.03. The Kier molecular flexibility index (Phi) is 5.78. The number of benzene rings is 2. The monoisotopic (exact) mass is 330 g/mol. The largest absolute Gasteiger partial charge is 0.493 e. The molecule has 126 valence electrons. The van der Waals surface area contributed by atoms with Gasteiger partial charge in [0.1, 0.15) is 5.82 Å². The first-order valence-electron chi connectivity index (χ1n) is 7.38. The topological polar surface area (TPSA) is 73.6 Å². The Labute approximate surface area is 139 Å². The van der Waals surface area contributed by atoms with Gasteiger partial charge in [-0.2, -0.15) is 0 Å². The van der Waals surface area contributed by atoms with E-state index in [1.165, 1.54) is 18.2 Å². The van der Waals surface area contributed by atoms with Crippen molar-refractivity contribution in [3.05, 3.63) is 53.9 Å². The fraction of sp³-hybridized carbons (Fsp3) is 0.167. The number of methoxy groups -OCH3 is 1. The number of hydrogen-bond donors (Lipinski definition) is 2. The van der Waals surface area contributed by atoms with E-state index in [1.807, 2.05) is 13.0 Å². The minimum absolute atomic E-state index is 0.166. The zero-order valence-corrected chi connectivity index (χ0v) is 13.5. The maximum absolute atomic E-state index is 13.0. The summed E-state index contributed by atoms with van der Waals surface area (Å²) in [5.41, 5.74) is 6.95. The van der Waals surface area contributed by atoms with Crippen LogP contribution in [0.2, 0.25) is 0 Å². The smallest absolute Gasteiger partial charge is 0.248 e. The van der Waals surface area contributed by atoms with E-state index < -0.39 is 5.82 Å². The molecule has 24 heavy (non-hydrogen) atoms. The lowest BCUT2D eigenvalue weighted by atomic mass is 10.2. The van der Waals surface area contributed by atoms with Gasteiger partial charge in [-0.15, -0.1) is 0 Å². The first-order valence-corrected chi connectivity index (χ1v) is 7.38. The first-order chi connectivity index (χ1) is 11.5. The Hall–Kier alpha value is -3.02. The lowest BCUT2D eigenvalue weighted by Crippen LogP contribution is -2.09. The Morgan fingerprint density at radius 2 is 2.04 bits per heavy atom. The van der Waals surface area contributed by atoms with Crippen molar-refractivity contribution in [2.45, 2.75) is 6.92 Å². The van der Waals surface area contributed by atoms with E-state index in [-0.39, 0.29) is 11.6 Å². The van der Waals surface area contributed by atoms with Crippen molar-refractivity contribution >= 4 is 23.4 Å². The van der Waals surface area contributed by atoms with Crippen LogP contribution in [0.5, 0.6) is 11.5 Å². The van der Waals surface area contributed by atoms with Crippen molar-refractivity contribution in [1.29, 1.82) is 0 Å². The van der Waals surface area contributed by atoms with Crippen molar-refractivity contribution in [2.75, 3.05) is 24.8 Å². The van der Waals surface area contributed by atoms with E-state index in [1.54, 1.807) is 25.3 Å². The number of nitrogens with two attached hydrogens (primary N) is 1. The van der Waals surface area contributed by atoms with Crippen LogP contribution in [0.1, 0.15) is 12.5 Å². The summed E-state index contributed by atoms with van der Waals surface area (Å²) < 4.78 is 23.7. The highest BCUT2D eigenvalue weighted by atomic mass is 19.1. The number of rotatable bonds is 6. The molecule has 0 atom stereocenters. The second kappa shape index (κ2) is 8.01. The van der Waals surface area contributed by atoms with Crippen molar-refractivity contribution < 1.29 is 18.7 Å². The molecule has 0 aliphatic rings. The van der Waals surface area contributed by atoms with Crippen molar-refractivity contribution in [3.63, 3.8) is 0 Å². The number of nitrogen functional groups attached to an aromatic ring is 1. The standard InChI is InChI=1S/C18H19FN2O3/c1-3-24-16-8-4-12(10-17(16)23-2)5-9-18(22)21-15-7-6-13(19)11-14(15)20/h4-11H,3,20H2,1-2H3,(H,21,22)/b9-5+. The van der Waals surface area contributed by atoms with Gasteiger partial charge in [-0.3, -0.25) is 4.79 Å². The quantitative estimate of drug-likeness (QED) is 0.628. The van der Waals surface area contributed by atoms with Crippen LogP contribution in [0.4, 0.5) is 15.8 Å². The third-order valence-electron chi connectivity index (χ3n) is 3.19. The number of hydrogen-bond acceptors (Lipinski definition) is 4. The van der Waals surface area contributed by atoms with Gasteiger partial charge in [0.2, 0.25) is 5.91 Å². The summed E-state index contributed by atoms with van der Waals surface area (Å²) >= 11 is 0. The molecular weight excluding hydrogens is 311 g/mol. The van der Waals surface area contributed by atoms with Gasteiger partial charge in [-0.1, -0.05) is 6.07 Å². The molecule has 2 aromatic carbocycles. The van der Waals surface area contributed by atoms with E-state index >= 15 is 0 Å². The summed E-state index contributed by atoms with van der Waals surface area (Å²) in [5, 5.41) is 2.59. The van der Waals surface area contributed by atoms with Gasteiger partial charge >= 0.3 is 0 Å². The van der Waals surface area contributed by atoms with E-state index in [2.05, 4.69) is 5.32 Å². The third-order valence-corrected chi connectivity index (χ3v) is 3.19. The summed E-state index contributed by atoms with van der Waals surface area (Å²) in [5.74, 6) is 0.395. The van der Waals surface area contributed by atoms with E-state index in [4.69, 9.17) is 15.2 Å². The van der Waals surface area contributed by atoms with Crippen LogP contribution in [-0.2, 0) is 4.79 Å². The van der Waals surface area contributed by atoms with Gasteiger partial charge in [-0.05, 0) is 48.9 Å². The molecule has 2 rings (SSSR count). The second-order valence-electron chi connectivity index (χ2n) is 4.90. The van der Waals surface area contributed by atoms with Gasteiger partial charge in [0.15, 0.2) is 11.5 Å². The predicted octanol–water partition coefficient (Wildman–Crippen LogP) is 3.47. The van der Waals surface area contributed by atoms with Crippen LogP contribution >= 0.6 is 0 Å². The molecule has 3 N–H and O–H groups in total. The average molecular weight is 330 g/mol. The number of nitrogens with one attached hydrogen (secondary N) is 1. The minimum atomic E-state index is -0.456. The zero-order chi connectivity index (χ0) is 17.5. The average Bonchev–Trinajstić information content (AvgIpc) is 2.56. The van der Waals surface area contributed by atoms with E-state index in [0.717, 1.165) is 11.6 Å². The molecule has 0 unspecified atom stereocenters. The molecule has 0 radical (unpaired) electrons. The fourth-order valence-electron chi connectivity index (χ4n) is 2.06. The zero-order valence-electron chi connectivity index (χ0n) is 13.5. The molecule has 0 bridgehead atoms.